The van der Waals surface area contributed by atoms with Crippen LogP contribution >= 0.6 is 11.6 Å². The molecule has 0 aliphatic rings. The number of halogens is 1. The molecule has 106 valence electrons. The Morgan fingerprint density at radius 3 is 2.63 bits per heavy atom. The topological polar surface area (TPSA) is 97.4 Å². The molecule has 0 bridgehead atoms. The highest BCUT2D eigenvalue weighted by atomic mass is 35.5. The number of aryl methyl sites for hydroxylation is 1. The Morgan fingerprint density at radius 2 is 2.11 bits per heavy atom. The van der Waals surface area contributed by atoms with Gasteiger partial charge >= 0.3 is 16.3 Å². The summed E-state index contributed by atoms with van der Waals surface area (Å²) in [4.78, 5) is 15.0. The van der Waals surface area contributed by atoms with Crippen LogP contribution in [0.4, 0.5) is 10.5 Å². The molecule has 2 N–H and O–H groups in total. The molecule has 0 spiro atoms. The Balaban J connectivity index is 2.74. The van der Waals surface area contributed by atoms with Crippen molar-refractivity contribution in [2.45, 2.75) is 26.9 Å². The van der Waals surface area contributed by atoms with Gasteiger partial charge in [-0.3, -0.25) is 4.72 Å². The molecule has 9 heteroatoms. The summed E-state index contributed by atoms with van der Waals surface area (Å²) in [5.41, 5.74) is 0.790. The Kier molecular flexibility index (Phi) is 4.96. The van der Waals surface area contributed by atoms with Crippen LogP contribution in [0.1, 0.15) is 19.4 Å². The number of carbonyl (C=O) groups excluding carboxylic acids is 1. The van der Waals surface area contributed by atoms with E-state index in [1.54, 1.807) is 25.5 Å². The molecule has 0 fully saturated rings. The van der Waals surface area contributed by atoms with E-state index in [-0.39, 0.29) is 10.8 Å². The van der Waals surface area contributed by atoms with E-state index in [1.807, 2.05) is 0 Å². The lowest BCUT2D eigenvalue weighted by molar-refractivity contribution is 0.121. The number of pyridine rings is 1. The molecule has 1 rings (SSSR count). The van der Waals surface area contributed by atoms with Gasteiger partial charge in [0.2, 0.25) is 0 Å². The fourth-order valence-corrected chi connectivity index (χ4v) is 1.99. The second kappa shape index (κ2) is 6.07. The number of rotatable bonds is 4. The van der Waals surface area contributed by atoms with Gasteiger partial charge in [0, 0.05) is 0 Å². The first-order chi connectivity index (χ1) is 8.69. The van der Waals surface area contributed by atoms with Gasteiger partial charge in [-0.1, -0.05) is 11.6 Å². The summed E-state index contributed by atoms with van der Waals surface area (Å²) in [6, 6.07) is 1.49. The molecule has 7 nitrogen and oxygen atoms in total. The van der Waals surface area contributed by atoms with Crippen molar-refractivity contribution in [1.29, 1.82) is 0 Å². The van der Waals surface area contributed by atoms with Gasteiger partial charge in [-0.25, -0.2) is 14.5 Å². The van der Waals surface area contributed by atoms with E-state index < -0.39 is 22.4 Å². The summed E-state index contributed by atoms with van der Waals surface area (Å²) in [6.07, 6.45) is -0.238. The summed E-state index contributed by atoms with van der Waals surface area (Å²) in [6.45, 7) is 4.88. The minimum Gasteiger partial charge on any atom is -0.446 e. The molecule has 19 heavy (non-hydrogen) atoms. The molecular weight excluding hydrogens is 294 g/mol. The van der Waals surface area contributed by atoms with Crippen molar-refractivity contribution in [3.63, 3.8) is 0 Å². The zero-order valence-electron chi connectivity index (χ0n) is 10.6. The zero-order chi connectivity index (χ0) is 14.6. The van der Waals surface area contributed by atoms with Crippen LogP contribution in [0, 0.1) is 6.92 Å². The molecule has 0 radical (unpaired) electrons. The van der Waals surface area contributed by atoms with Crippen molar-refractivity contribution in [3.8, 4) is 0 Å². The maximum Gasteiger partial charge on any atom is 0.422 e. The van der Waals surface area contributed by atoms with Crippen molar-refractivity contribution in [2.24, 2.45) is 0 Å². The number of aromatic nitrogens is 1. The van der Waals surface area contributed by atoms with Gasteiger partial charge in [-0.05, 0) is 32.4 Å². The van der Waals surface area contributed by atoms with E-state index in [9.17, 15) is 13.2 Å². The highest BCUT2D eigenvalue weighted by Gasteiger charge is 2.16. The van der Waals surface area contributed by atoms with Gasteiger partial charge in [0.25, 0.3) is 0 Å². The maximum atomic E-state index is 11.6. The van der Waals surface area contributed by atoms with Crippen LogP contribution in [0.15, 0.2) is 12.3 Å². The lowest BCUT2D eigenvalue weighted by Crippen LogP contribution is -2.36. The second-order valence-electron chi connectivity index (χ2n) is 3.99. The van der Waals surface area contributed by atoms with Crippen molar-refractivity contribution in [3.05, 3.63) is 23.0 Å². The fraction of sp³-hybridized carbons (Fsp3) is 0.400. The van der Waals surface area contributed by atoms with Crippen molar-refractivity contribution < 1.29 is 17.9 Å². The van der Waals surface area contributed by atoms with Crippen LogP contribution in [-0.2, 0) is 14.9 Å². The van der Waals surface area contributed by atoms with Crippen LogP contribution in [0.25, 0.3) is 0 Å². The van der Waals surface area contributed by atoms with E-state index in [1.165, 1.54) is 12.3 Å². The average molecular weight is 308 g/mol. The second-order valence-corrected chi connectivity index (χ2v) is 5.77. The number of ether oxygens (including phenoxy) is 1. The number of nitrogens with one attached hydrogen (secondary N) is 2. The predicted molar refractivity (Wildman–Crippen MR) is 71.3 cm³/mol. The smallest absolute Gasteiger partial charge is 0.422 e. The minimum absolute atomic E-state index is 0.187. The first kappa shape index (κ1) is 15.5. The Hall–Kier alpha value is -1.54. The molecule has 0 aliphatic heterocycles. The molecular formula is C10H14ClN3O4S. The van der Waals surface area contributed by atoms with E-state index in [0.29, 0.717) is 5.56 Å². The van der Waals surface area contributed by atoms with E-state index in [0.717, 1.165) is 0 Å². The number of carbonyl (C=O) groups is 1. The molecule has 1 aromatic heterocycles. The largest absolute Gasteiger partial charge is 0.446 e. The van der Waals surface area contributed by atoms with Gasteiger partial charge in [-0.2, -0.15) is 8.42 Å². The third-order valence-electron chi connectivity index (χ3n) is 1.83. The maximum absolute atomic E-state index is 11.6. The lowest BCUT2D eigenvalue weighted by Gasteiger charge is -2.11. The van der Waals surface area contributed by atoms with Gasteiger partial charge in [0.05, 0.1) is 18.0 Å². The lowest BCUT2D eigenvalue weighted by atomic mass is 10.3. The molecule has 0 aromatic carbocycles. The quantitative estimate of drug-likeness (QED) is 0.827. The zero-order valence-corrected chi connectivity index (χ0v) is 12.2. The molecule has 0 saturated heterocycles. The number of nitrogens with zero attached hydrogens (tertiary/aromatic N) is 1. The van der Waals surface area contributed by atoms with Crippen LogP contribution in [0.5, 0.6) is 0 Å². The first-order valence-electron chi connectivity index (χ1n) is 5.33. The van der Waals surface area contributed by atoms with Gasteiger partial charge in [0.1, 0.15) is 5.15 Å². The molecule has 0 atom stereocenters. The molecule has 0 unspecified atom stereocenters. The number of anilines is 1. The first-order valence-corrected chi connectivity index (χ1v) is 7.19. The van der Waals surface area contributed by atoms with E-state index in [2.05, 4.69) is 14.4 Å². The summed E-state index contributed by atoms with van der Waals surface area (Å²) in [7, 11) is -4.07. The van der Waals surface area contributed by atoms with Gasteiger partial charge < -0.3 is 4.74 Å². The van der Waals surface area contributed by atoms with Crippen molar-refractivity contribution >= 4 is 33.6 Å². The molecule has 1 amide bonds. The number of hydrogen-bond donors (Lipinski definition) is 2. The van der Waals surface area contributed by atoms with Crippen LogP contribution in [0.2, 0.25) is 5.15 Å². The highest BCUT2D eigenvalue weighted by Crippen LogP contribution is 2.16. The molecule has 1 heterocycles. The predicted octanol–water partition coefficient (Wildman–Crippen LogP) is 1.83. The van der Waals surface area contributed by atoms with E-state index in [4.69, 9.17) is 11.6 Å². The summed E-state index contributed by atoms with van der Waals surface area (Å²) >= 11 is 5.72. The standard InChI is InChI=1S/C10H14ClN3O4S/c1-6(2)18-10(15)14-19(16,17)13-8-4-7(3)9(11)12-5-8/h4-6,13H,1-3H3,(H,14,15). The van der Waals surface area contributed by atoms with Gasteiger partial charge in [0.15, 0.2) is 0 Å². The third kappa shape index (κ3) is 5.31. The Bertz CT molecular complexity index is 574. The molecule has 0 aliphatic carbocycles. The van der Waals surface area contributed by atoms with Crippen LogP contribution in [0.3, 0.4) is 0 Å². The molecule has 0 saturated carbocycles. The van der Waals surface area contributed by atoms with Gasteiger partial charge in [-0.15, -0.1) is 0 Å². The summed E-state index contributed by atoms with van der Waals surface area (Å²) < 4.78 is 31.7. The van der Waals surface area contributed by atoms with E-state index >= 15 is 0 Å². The van der Waals surface area contributed by atoms with Crippen LogP contribution in [-0.4, -0.2) is 25.6 Å². The third-order valence-corrected chi connectivity index (χ3v) is 3.16. The number of hydrogen-bond acceptors (Lipinski definition) is 5. The summed E-state index contributed by atoms with van der Waals surface area (Å²) in [5.74, 6) is 0. The normalized spacial score (nSPS) is 11.2. The monoisotopic (exact) mass is 307 g/mol. The summed E-state index contributed by atoms with van der Waals surface area (Å²) in [5, 5.41) is 0.273. The molecule has 1 aromatic rings. The van der Waals surface area contributed by atoms with Crippen molar-refractivity contribution in [2.75, 3.05) is 4.72 Å². The SMILES string of the molecule is Cc1cc(NS(=O)(=O)NC(=O)OC(C)C)cnc1Cl. The average Bonchev–Trinajstić information content (AvgIpc) is 2.20. The number of amides is 1. The Morgan fingerprint density at radius 1 is 1.47 bits per heavy atom. The highest BCUT2D eigenvalue weighted by molar-refractivity contribution is 7.91. The fourth-order valence-electron chi connectivity index (χ4n) is 1.14. The minimum atomic E-state index is -4.07. The van der Waals surface area contributed by atoms with Crippen LogP contribution < -0.4 is 9.44 Å². The Labute approximate surface area is 116 Å². The van der Waals surface area contributed by atoms with Crippen molar-refractivity contribution in [1.82, 2.24) is 9.71 Å².